The molecule has 2 heterocycles. The number of hydrogen-bond acceptors (Lipinski definition) is 5. The molecule has 3 N–H and O–H groups in total. The summed E-state index contributed by atoms with van der Waals surface area (Å²) in [5, 5.41) is 19.0. The van der Waals surface area contributed by atoms with Crippen LogP contribution in [-0.2, 0) is 14.4 Å². The standard InChI is InChI=1S/C18H31N3O5/c1-2-3-8-13(15(22)16(23)19-26)17(24)21-12-7-9-14(21)18(25)20-10-5-4-6-11-20/h13-15,22,26H,2-12H2,1H3,(H,19,23)/t13?,14-,15?/m0/s1. The van der Waals surface area contributed by atoms with Crippen LogP contribution in [0, 0.1) is 5.92 Å². The topological polar surface area (TPSA) is 110 Å². The number of unbranched alkanes of at least 4 members (excludes halogenated alkanes) is 1. The van der Waals surface area contributed by atoms with E-state index in [0.717, 1.165) is 45.2 Å². The number of hydroxylamine groups is 1. The fourth-order valence-corrected chi connectivity index (χ4v) is 3.91. The molecule has 2 aliphatic rings. The van der Waals surface area contributed by atoms with E-state index in [0.29, 0.717) is 25.8 Å². The SMILES string of the molecule is CCCCC(C(=O)N1CCC[C@H]1C(=O)N1CCCCC1)C(O)C(=O)NO. The van der Waals surface area contributed by atoms with Crippen molar-refractivity contribution >= 4 is 17.7 Å². The van der Waals surface area contributed by atoms with Crippen LogP contribution in [-0.4, -0.2) is 69.6 Å². The molecule has 8 heteroatoms. The summed E-state index contributed by atoms with van der Waals surface area (Å²) < 4.78 is 0. The van der Waals surface area contributed by atoms with Gasteiger partial charge in [-0.25, -0.2) is 5.48 Å². The van der Waals surface area contributed by atoms with Gasteiger partial charge in [0, 0.05) is 19.6 Å². The summed E-state index contributed by atoms with van der Waals surface area (Å²) in [6, 6.07) is -0.505. The number of hydrogen-bond donors (Lipinski definition) is 3. The van der Waals surface area contributed by atoms with Gasteiger partial charge in [0.1, 0.15) is 12.1 Å². The molecular weight excluding hydrogens is 338 g/mol. The molecule has 0 radical (unpaired) electrons. The Kier molecular flexibility index (Phi) is 7.84. The molecule has 0 aliphatic carbocycles. The van der Waals surface area contributed by atoms with Gasteiger partial charge in [-0.15, -0.1) is 0 Å². The van der Waals surface area contributed by atoms with Crippen molar-refractivity contribution < 1.29 is 24.7 Å². The first-order chi connectivity index (χ1) is 12.5. The van der Waals surface area contributed by atoms with Crippen molar-refractivity contribution in [3.05, 3.63) is 0 Å². The minimum absolute atomic E-state index is 0.0223. The lowest BCUT2D eigenvalue weighted by molar-refractivity contribution is -0.154. The van der Waals surface area contributed by atoms with Crippen LogP contribution in [0.3, 0.4) is 0 Å². The quantitative estimate of drug-likeness (QED) is 0.451. The molecule has 2 saturated heterocycles. The summed E-state index contributed by atoms with van der Waals surface area (Å²) in [5.74, 6) is -2.33. The fourth-order valence-electron chi connectivity index (χ4n) is 3.91. The molecule has 3 amide bonds. The van der Waals surface area contributed by atoms with Crippen molar-refractivity contribution in [2.24, 2.45) is 5.92 Å². The fraction of sp³-hybridized carbons (Fsp3) is 0.833. The van der Waals surface area contributed by atoms with Crippen molar-refractivity contribution in [3.63, 3.8) is 0 Å². The number of likely N-dealkylation sites (tertiary alicyclic amines) is 2. The number of rotatable bonds is 7. The zero-order valence-electron chi connectivity index (χ0n) is 15.5. The summed E-state index contributed by atoms with van der Waals surface area (Å²) in [7, 11) is 0. The minimum atomic E-state index is -1.62. The van der Waals surface area contributed by atoms with Crippen LogP contribution in [0.2, 0.25) is 0 Å². The first-order valence-corrected chi connectivity index (χ1v) is 9.72. The zero-order chi connectivity index (χ0) is 19.1. The van der Waals surface area contributed by atoms with Crippen molar-refractivity contribution in [2.45, 2.75) is 70.4 Å². The second-order valence-corrected chi connectivity index (χ2v) is 7.25. The first kappa shape index (κ1) is 20.6. The monoisotopic (exact) mass is 369 g/mol. The second kappa shape index (κ2) is 9.87. The predicted octanol–water partition coefficient (Wildman–Crippen LogP) is 0.663. The van der Waals surface area contributed by atoms with Gasteiger partial charge in [0.15, 0.2) is 0 Å². The Bertz CT molecular complexity index is 507. The molecule has 2 unspecified atom stereocenters. The van der Waals surface area contributed by atoms with E-state index in [1.165, 1.54) is 10.4 Å². The summed E-state index contributed by atoms with van der Waals surface area (Å²) >= 11 is 0. The maximum Gasteiger partial charge on any atom is 0.272 e. The summed E-state index contributed by atoms with van der Waals surface area (Å²) in [6.07, 6.45) is 4.65. The van der Waals surface area contributed by atoms with Gasteiger partial charge in [0.2, 0.25) is 11.8 Å². The molecule has 3 atom stereocenters. The van der Waals surface area contributed by atoms with Gasteiger partial charge in [-0.1, -0.05) is 19.8 Å². The number of aliphatic hydroxyl groups is 1. The third kappa shape index (κ3) is 4.73. The molecule has 0 aromatic rings. The summed E-state index contributed by atoms with van der Waals surface area (Å²) in [4.78, 5) is 40.9. The normalized spacial score (nSPS) is 22.8. The molecule has 26 heavy (non-hydrogen) atoms. The van der Waals surface area contributed by atoms with Crippen molar-refractivity contribution in [3.8, 4) is 0 Å². The minimum Gasteiger partial charge on any atom is -0.382 e. The highest BCUT2D eigenvalue weighted by Crippen LogP contribution is 2.26. The van der Waals surface area contributed by atoms with Crippen molar-refractivity contribution in [2.75, 3.05) is 19.6 Å². The summed E-state index contributed by atoms with van der Waals surface area (Å²) in [6.45, 7) is 3.87. The van der Waals surface area contributed by atoms with Gasteiger partial charge in [0.25, 0.3) is 5.91 Å². The number of carbonyl (C=O) groups is 3. The van der Waals surface area contributed by atoms with Crippen LogP contribution in [0.1, 0.15) is 58.3 Å². The Morgan fingerprint density at radius 2 is 1.81 bits per heavy atom. The van der Waals surface area contributed by atoms with E-state index in [4.69, 9.17) is 5.21 Å². The van der Waals surface area contributed by atoms with E-state index in [9.17, 15) is 19.5 Å². The van der Waals surface area contributed by atoms with E-state index in [1.807, 2.05) is 11.8 Å². The predicted molar refractivity (Wildman–Crippen MR) is 94.1 cm³/mol. The average molecular weight is 369 g/mol. The largest absolute Gasteiger partial charge is 0.382 e. The van der Waals surface area contributed by atoms with Crippen molar-refractivity contribution in [1.82, 2.24) is 15.3 Å². The number of nitrogens with one attached hydrogen (secondary N) is 1. The van der Waals surface area contributed by atoms with Gasteiger partial charge < -0.3 is 14.9 Å². The Morgan fingerprint density at radius 1 is 1.12 bits per heavy atom. The molecule has 0 bridgehead atoms. The van der Waals surface area contributed by atoms with Gasteiger partial charge >= 0.3 is 0 Å². The maximum absolute atomic E-state index is 13.0. The van der Waals surface area contributed by atoms with Gasteiger partial charge in [0.05, 0.1) is 5.92 Å². The molecule has 0 spiro atoms. The lowest BCUT2D eigenvalue weighted by atomic mass is 9.93. The smallest absolute Gasteiger partial charge is 0.272 e. The van der Waals surface area contributed by atoms with E-state index in [1.54, 1.807) is 0 Å². The number of amides is 3. The molecule has 148 valence electrons. The third-order valence-electron chi connectivity index (χ3n) is 5.43. The molecule has 2 aliphatic heterocycles. The summed E-state index contributed by atoms with van der Waals surface area (Å²) in [5.41, 5.74) is 1.42. The second-order valence-electron chi connectivity index (χ2n) is 7.25. The molecule has 0 aromatic heterocycles. The third-order valence-corrected chi connectivity index (χ3v) is 5.43. The number of carbonyl (C=O) groups excluding carboxylic acids is 3. The molecule has 0 aromatic carbocycles. The average Bonchev–Trinajstić information content (AvgIpc) is 3.17. The Hall–Kier alpha value is -1.67. The first-order valence-electron chi connectivity index (χ1n) is 9.72. The van der Waals surface area contributed by atoms with Gasteiger partial charge in [-0.3, -0.25) is 19.6 Å². The Labute approximate surface area is 154 Å². The molecule has 0 saturated carbocycles. The van der Waals surface area contributed by atoms with E-state index in [-0.39, 0.29) is 11.8 Å². The molecular formula is C18H31N3O5. The highest BCUT2D eigenvalue weighted by atomic mass is 16.5. The van der Waals surface area contributed by atoms with Gasteiger partial charge in [-0.05, 0) is 38.5 Å². The Morgan fingerprint density at radius 3 is 2.42 bits per heavy atom. The molecule has 2 rings (SSSR count). The van der Waals surface area contributed by atoms with E-state index >= 15 is 0 Å². The van der Waals surface area contributed by atoms with E-state index in [2.05, 4.69) is 0 Å². The van der Waals surface area contributed by atoms with Crippen LogP contribution >= 0.6 is 0 Å². The lowest BCUT2D eigenvalue weighted by Crippen LogP contribution is -2.53. The highest BCUT2D eigenvalue weighted by Gasteiger charge is 2.42. The Balaban J connectivity index is 2.11. The number of nitrogens with zero attached hydrogens (tertiary/aromatic N) is 2. The van der Waals surface area contributed by atoms with Crippen LogP contribution in [0.15, 0.2) is 0 Å². The maximum atomic E-state index is 13.0. The van der Waals surface area contributed by atoms with Crippen molar-refractivity contribution in [1.29, 1.82) is 0 Å². The van der Waals surface area contributed by atoms with Crippen LogP contribution in [0.4, 0.5) is 0 Å². The van der Waals surface area contributed by atoms with Gasteiger partial charge in [-0.2, -0.15) is 0 Å². The van der Waals surface area contributed by atoms with Crippen LogP contribution in [0.25, 0.3) is 0 Å². The highest BCUT2D eigenvalue weighted by molar-refractivity contribution is 5.92. The van der Waals surface area contributed by atoms with Crippen LogP contribution in [0.5, 0.6) is 0 Å². The number of piperidine rings is 1. The van der Waals surface area contributed by atoms with E-state index < -0.39 is 24.0 Å². The van der Waals surface area contributed by atoms with Crippen LogP contribution < -0.4 is 5.48 Å². The molecule has 8 nitrogen and oxygen atoms in total. The lowest BCUT2D eigenvalue weighted by Gasteiger charge is -2.34. The zero-order valence-corrected chi connectivity index (χ0v) is 15.5. The number of aliphatic hydroxyl groups excluding tert-OH is 1. The molecule has 2 fully saturated rings.